The summed E-state index contributed by atoms with van der Waals surface area (Å²) in [5.74, 6) is -0.422. The molecule has 2 aromatic rings. The molecule has 0 aromatic heterocycles. The zero-order chi connectivity index (χ0) is 18.2. The Bertz CT molecular complexity index is 821. The number of nitrogens with one attached hydrogen (secondary N) is 2. The van der Waals surface area contributed by atoms with Gasteiger partial charge in [-0.05, 0) is 36.5 Å². The monoisotopic (exact) mass is 358 g/mol. The van der Waals surface area contributed by atoms with Gasteiger partial charge in [0.1, 0.15) is 0 Å². The van der Waals surface area contributed by atoms with Crippen LogP contribution in [-0.2, 0) is 4.74 Å². The molecule has 25 heavy (non-hydrogen) atoms. The van der Waals surface area contributed by atoms with Gasteiger partial charge >= 0.3 is 5.97 Å². The van der Waals surface area contributed by atoms with E-state index >= 15 is 0 Å². The molecule has 0 unspecified atom stereocenters. The first-order valence-electron chi connectivity index (χ1n) is 7.02. The number of hydrogen-bond acceptors (Lipinski definition) is 6. The number of hydrazone groups is 1. The lowest BCUT2D eigenvalue weighted by molar-refractivity contribution is -0.384. The molecule has 8 nitrogen and oxygen atoms in total. The van der Waals surface area contributed by atoms with Gasteiger partial charge in [-0.15, -0.1) is 0 Å². The number of carbonyl (C=O) groups is 1. The first-order chi connectivity index (χ1) is 12.0. The summed E-state index contributed by atoms with van der Waals surface area (Å²) in [7, 11) is 1.31. The maximum atomic E-state index is 11.3. The molecule has 0 saturated heterocycles. The Kier molecular flexibility index (Phi) is 6.13. The molecule has 0 radical (unpaired) electrons. The fraction of sp³-hybridized carbons (Fsp3) is 0.0625. The van der Waals surface area contributed by atoms with Gasteiger partial charge in [-0.1, -0.05) is 12.1 Å². The number of carbonyl (C=O) groups excluding carboxylic acids is 1. The number of benzene rings is 2. The number of methoxy groups -OCH3 is 1. The van der Waals surface area contributed by atoms with Crippen LogP contribution in [0.3, 0.4) is 0 Å². The van der Waals surface area contributed by atoms with E-state index in [0.717, 1.165) is 0 Å². The van der Waals surface area contributed by atoms with Crippen LogP contribution in [0.1, 0.15) is 15.9 Å². The molecule has 0 bridgehead atoms. The molecule has 0 aliphatic rings. The minimum Gasteiger partial charge on any atom is -0.465 e. The molecule has 0 atom stereocenters. The van der Waals surface area contributed by atoms with Crippen LogP contribution in [-0.4, -0.2) is 29.3 Å². The van der Waals surface area contributed by atoms with E-state index in [4.69, 9.17) is 12.2 Å². The summed E-state index contributed by atoms with van der Waals surface area (Å²) in [5.41, 5.74) is 4.24. The van der Waals surface area contributed by atoms with E-state index in [1.54, 1.807) is 36.4 Å². The highest BCUT2D eigenvalue weighted by Crippen LogP contribution is 2.12. The van der Waals surface area contributed by atoms with E-state index < -0.39 is 10.9 Å². The lowest BCUT2D eigenvalue weighted by atomic mass is 10.2. The van der Waals surface area contributed by atoms with Crippen molar-refractivity contribution < 1.29 is 14.5 Å². The number of esters is 1. The summed E-state index contributed by atoms with van der Waals surface area (Å²) in [6.45, 7) is 0. The van der Waals surface area contributed by atoms with Crippen molar-refractivity contribution in [2.75, 3.05) is 12.4 Å². The van der Waals surface area contributed by atoms with Crippen LogP contribution < -0.4 is 10.7 Å². The Morgan fingerprint density at radius 2 is 2.00 bits per heavy atom. The molecule has 0 aliphatic carbocycles. The summed E-state index contributed by atoms with van der Waals surface area (Å²) in [6, 6.07) is 12.6. The van der Waals surface area contributed by atoms with Crippen LogP contribution in [0.5, 0.6) is 0 Å². The number of nitrogens with zero attached hydrogens (tertiary/aromatic N) is 2. The largest absolute Gasteiger partial charge is 0.465 e. The number of nitro benzene ring substituents is 1. The van der Waals surface area contributed by atoms with Crippen LogP contribution in [0.15, 0.2) is 53.6 Å². The molecule has 0 fully saturated rings. The van der Waals surface area contributed by atoms with Gasteiger partial charge in [-0.3, -0.25) is 15.5 Å². The minimum absolute atomic E-state index is 0.0182. The van der Waals surface area contributed by atoms with Crippen molar-refractivity contribution in [3.05, 3.63) is 69.8 Å². The number of non-ortho nitro benzene ring substituents is 1. The molecule has 9 heteroatoms. The second-order valence-electron chi connectivity index (χ2n) is 4.75. The fourth-order valence-corrected chi connectivity index (χ4v) is 2.02. The molecule has 2 N–H and O–H groups in total. The van der Waals surface area contributed by atoms with Crippen molar-refractivity contribution in [2.45, 2.75) is 0 Å². The molecule has 0 amide bonds. The predicted molar refractivity (Wildman–Crippen MR) is 97.8 cm³/mol. The maximum Gasteiger partial charge on any atom is 0.337 e. The van der Waals surface area contributed by atoms with Gasteiger partial charge in [-0.2, -0.15) is 5.10 Å². The number of anilines is 1. The van der Waals surface area contributed by atoms with E-state index in [1.165, 1.54) is 25.5 Å². The topological polar surface area (TPSA) is 106 Å². The minimum atomic E-state index is -0.477. The van der Waals surface area contributed by atoms with Gasteiger partial charge in [0.25, 0.3) is 5.69 Å². The van der Waals surface area contributed by atoms with E-state index in [9.17, 15) is 14.9 Å². The fourth-order valence-electron chi connectivity index (χ4n) is 1.85. The standard InChI is InChI=1S/C16H14N4O4S/c1-24-15(21)12-5-7-13(8-6-12)18-16(25)19-17-10-11-3-2-4-14(9-11)20(22)23/h2-10H,1H3,(H2,18,19,25)/b17-10+. The smallest absolute Gasteiger partial charge is 0.337 e. The summed E-state index contributed by atoms with van der Waals surface area (Å²) >= 11 is 5.09. The predicted octanol–water partition coefficient (Wildman–Crippen LogP) is 2.70. The highest BCUT2D eigenvalue weighted by Gasteiger charge is 2.05. The summed E-state index contributed by atoms with van der Waals surface area (Å²) in [4.78, 5) is 21.6. The van der Waals surface area contributed by atoms with Gasteiger partial charge in [0.15, 0.2) is 5.11 Å². The van der Waals surface area contributed by atoms with Crippen LogP contribution in [0.4, 0.5) is 11.4 Å². The molecular formula is C16H14N4O4S. The normalized spacial score (nSPS) is 10.3. The number of hydrogen-bond donors (Lipinski definition) is 2. The number of thiocarbonyl (C=S) groups is 1. The van der Waals surface area contributed by atoms with Crippen molar-refractivity contribution in [1.29, 1.82) is 0 Å². The average molecular weight is 358 g/mol. The summed E-state index contributed by atoms with van der Waals surface area (Å²) < 4.78 is 4.62. The lowest BCUT2D eigenvalue weighted by Gasteiger charge is -2.07. The van der Waals surface area contributed by atoms with Gasteiger partial charge < -0.3 is 10.1 Å². The van der Waals surface area contributed by atoms with E-state index in [1.807, 2.05) is 0 Å². The summed E-state index contributed by atoms with van der Waals surface area (Å²) in [5, 5.41) is 17.7. The number of ether oxygens (including phenoxy) is 1. The van der Waals surface area contributed by atoms with Crippen LogP contribution in [0.25, 0.3) is 0 Å². The second-order valence-corrected chi connectivity index (χ2v) is 5.15. The number of nitro groups is 1. The second kappa shape index (κ2) is 8.50. The van der Waals surface area contributed by atoms with Crippen LogP contribution in [0, 0.1) is 10.1 Å². The third kappa shape index (κ3) is 5.36. The highest BCUT2D eigenvalue weighted by atomic mass is 32.1. The summed E-state index contributed by atoms with van der Waals surface area (Å²) in [6.07, 6.45) is 1.42. The van der Waals surface area contributed by atoms with Gasteiger partial charge in [-0.25, -0.2) is 4.79 Å². The Morgan fingerprint density at radius 1 is 1.28 bits per heavy atom. The first-order valence-corrected chi connectivity index (χ1v) is 7.43. The molecular weight excluding hydrogens is 344 g/mol. The van der Waals surface area contributed by atoms with Gasteiger partial charge in [0.05, 0.1) is 23.8 Å². The van der Waals surface area contributed by atoms with E-state index in [-0.39, 0.29) is 10.8 Å². The van der Waals surface area contributed by atoms with Gasteiger partial charge in [0, 0.05) is 23.4 Å². The SMILES string of the molecule is COC(=O)c1ccc(NC(=S)N/N=C/c2cccc([N+](=O)[O-])c2)cc1. The Labute approximate surface area is 148 Å². The van der Waals surface area contributed by atoms with Crippen LogP contribution in [0.2, 0.25) is 0 Å². The van der Waals surface area contributed by atoms with Crippen LogP contribution >= 0.6 is 12.2 Å². The molecule has 0 aliphatic heterocycles. The van der Waals surface area contributed by atoms with E-state index in [0.29, 0.717) is 16.8 Å². The Morgan fingerprint density at radius 3 is 2.64 bits per heavy atom. The van der Waals surface area contributed by atoms with Gasteiger partial charge in [0.2, 0.25) is 0 Å². The van der Waals surface area contributed by atoms with Crippen molar-refractivity contribution in [1.82, 2.24) is 5.43 Å². The third-order valence-electron chi connectivity index (χ3n) is 3.02. The van der Waals surface area contributed by atoms with Crippen molar-refractivity contribution in [3.63, 3.8) is 0 Å². The molecule has 2 rings (SSSR count). The Balaban J connectivity index is 1.91. The zero-order valence-corrected chi connectivity index (χ0v) is 13.9. The molecule has 128 valence electrons. The highest BCUT2D eigenvalue weighted by molar-refractivity contribution is 7.80. The zero-order valence-electron chi connectivity index (χ0n) is 13.1. The van der Waals surface area contributed by atoms with Crippen molar-refractivity contribution in [3.8, 4) is 0 Å². The maximum absolute atomic E-state index is 11.3. The lowest BCUT2D eigenvalue weighted by Crippen LogP contribution is -2.23. The number of rotatable bonds is 5. The van der Waals surface area contributed by atoms with Crippen molar-refractivity contribution >= 4 is 40.9 Å². The molecule has 0 heterocycles. The average Bonchev–Trinajstić information content (AvgIpc) is 2.62. The molecule has 0 saturated carbocycles. The van der Waals surface area contributed by atoms with Crippen molar-refractivity contribution in [2.24, 2.45) is 5.10 Å². The molecule has 2 aromatic carbocycles. The third-order valence-corrected chi connectivity index (χ3v) is 3.22. The first kappa shape index (κ1) is 18.0. The molecule has 0 spiro atoms. The Hall–Kier alpha value is -3.33. The quantitative estimate of drug-likeness (QED) is 0.278. The van der Waals surface area contributed by atoms with E-state index in [2.05, 4.69) is 20.6 Å².